The molecule has 5 heteroatoms. The molecule has 1 aliphatic heterocycles. The second-order valence-corrected chi connectivity index (χ2v) is 5.07. The summed E-state index contributed by atoms with van der Waals surface area (Å²) in [5.74, 6) is -0.608. The van der Waals surface area contributed by atoms with Crippen LogP contribution in [0.5, 0.6) is 0 Å². The molecular weight excluding hydrogens is 266 g/mol. The van der Waals surface area contributed by atoms with Gasteiger partial charge in [-0.2, -0.15) is 0 Å². The molecule has 1 heterocycles. The minimum Gasteiger partial charge on any atom is -0.469 e. The maximum Gasteiger partial charge on any atom is 0.310 e. The van der Waals surface area contributed by atoms with Crippen LogP contribution in [-0.2, 0) is 9.53 Å². The molecule has 0 radical (unpaired) electrons. The first-order valence-corrected chi connectivity index (χ1v) is 6.54. The van der Waals surface area contributed by atoms with E-state index in [1.54, 1.807) is 11.0 Å². The lowest BCUT2D eigenvalue weighted by molar-refractivity contribution is -0.144. The van der Waals surface area contributed by atoms with Crippen LogP contribution in [-0.4, -0.2) is 37.0 Å². The maximum absolute atomic E-state index is 12.4. The Labute approximate surface area is 117 Å². The van der Waals surface area contributed by atoms with Crippen molar-refractivity contribution in [2.75, 3.05) is 20.2 Å². The Bertz CT molecular complexity index is 515. The average Bonchev–Trinajstić information content (AvgIpc) is 2.90. The van der Waals surface area contributed by atoms with Gasteiger partial charge in [0.2, 0.25) is 0 Å². The van der Waals surface area contributed by atoms with Crippen molar-refractivity contribution in [3.05, 3.63) is 34.3 Å². The van der Waals surface area contributed by atoms with E-state index in [0.717, 1.165) is 5.56 Å². The maximum atomic E-state index is 12.4. The van der Waals surface area contributed by atoms with Crippen molar-refractivity contribution in [1.29, 1.82) is 0 Å². The fourth-order valence-corrected chi connectivity index (χ4v) is 2.49. The average molecular weight is 282 g/mol. The third kappa shape index (κ3) is 2.73. The molecule has 0 N–H and O–H groups in total. The number of hydrogen-bond acceptors (Lipinski definition) is 3. The number of esters is 1. The molecule has 0 aliphatic carbocycles. The number of hydrogen-bond donors (Lipinski definition) is 0. The Morgan fingerprint density at radius 1 is 1.42 bits per heavy atom. The molecule has 1 fully saturated rings. The molecule has 0 saturated carbocycles. The van der Waals surface area contributed by atoms with Crippen molar-refractivity contribution in [3.8, 4) is 0 Å². The third-order valence-corrected chi connectivity index (χ3v) is 3.93. The van der Waals surface area contributed by atoms with E-state index < -0.39 is 0 Å². The summed E-state index contributed by atoms with van der Waals surface area (Å²) in [6, 6.07) is 5.38. The first kappa shape index (κ1) is 13.9. The number of rotatable bonds is 2. The highest BCUT2D eigenvalue weighted by Crippen LogP contribution is 2.25. The molecule has 2 rings (SSSR count). The van der Waals surface area contributed by atoms with Crippen LogP contribution in [0.25, 0.3) is 0 Å². The molecule has 0 aromatic heterocycles. The van der Waals surface area contributed by atoms with Crippen molar-refractivity contribution in [1.82, 2.24) is 4.90 Å². The Hall–Kier alpha value is -1.55. The van der Waals surface area contributed by atoms with Crippen molar-refractivity contribution in [2.24, 2.45) is 5.92 Å². The monoisotopic (exact) mass is 281 g/mol. The van der Waals surface area contributed by atoms with Gasteiger partial charge in [0.05, 0.1) is 23.6 Å². The standard InChI is InChI=1S/C14H16ClNO3/c1-9-4-3-5-11(12(9)15)13(17)16-7-6-10(8-16)14(18)19-2/h3-5,10H,6-8H2,1-2H3. The lowest BCUT2D eigenvalue weighted by Crippen LogP contribution is -2.30. The second-order valence-electron chi connectivity index (χ2n) is 4.70. The molecule has 19 heavy (non-hydrogen) atoms. The number of carbonyl (C=O) groups excluding carboxylic acids is 2. The highest BCUT2D eigenvalue weighted by atomic mass is 35.5. The molecule has 1 amide bonds. The van der Waals surface area contributed by atoms with E-state index in [1.807, 2.05) is 19.1 Å². The van der Waals surface area contributed by atoms with Crippen LogP contribution < -0.4 is 0 Å². The fourth-order valence-electron chi connectivity index (χ4n) is 2.29. The van der Waals surface area contributed by atoms with E-state index in [1.165, 1.54) is 7.11 Å². The number of benzene rings is 1. The zero-order valence-corrected chi connectivity index (χ0v) is 11.7. The number of aryl methyl sites for hydroxylation is 1. The third-order valence-electron chi connectivity index (χ3n) is 3.43. The predicted octanol–water partition coefficient (Wildman–Crippen LogP) is 2.28. The molecule has 0 bridgehead atoms. The van der Waals surface area contributed by atoms with E-state index in [2.05, 4.69) is 0 Å². The zero-order chi connectivity index (χ0) is 14.0. The van der Waals surface area contributed by atoms with Crippen LogP contribution in [0, 0.1) is 12.8 Å². The van der Waals surface area contributed by atoms with Gasteiger partial charge in [0.25, 0.3) is 5.91 Å². The van der Waals surface area contributed by atoms with Gasteiger partial charge < -0.3 is 9.64 Å². The molecule has 4 nitrogen and oxygen atoms in total. The summed E-state index contributed by atoms with van der Waals surface area (Å²) in [4.78, 5) is 25.5. The van der Waals surface area contributed by atoms with E-state index in [9.17, 15) is 9.59 Å². The Morgan fingerprint density at radius 3 is 2.84 bits per heavy atom. The first-order valence-electron chi connectivity index (χ1n) is 6.16. The Morgan fingerprint density at radius 2 is 2.16 bits per heavy atom. The normalized spacial score (nSPS) is 18.5. The quantitative estimate of drug-likeness (QED) is 0.782. The predicted molar refractivity (Wildman–Crippen MR) is 72.2 cm³/mol. The minimum atomic E-state index is -0.259. The molecule has 1 aromatic rings. The van der Waals surface area contributed by atoms with Gasteiger partial charge in [-0.25, -0.2) is 0 Å². The summed E-state index contributed by atoms with van der Waals surface area (Å²) in [5.41, 5.74) is 1.36. The van der Waals surface area contributed by atoms with Gasteiger partial charge in [-0.05, 0) is 25.0 Å². The summed E-state index contributed by atoms with van der Waals surface area (Å²) in [6.45, 7) is 2.82. The number of ether oxygens (including phenoxy) is 1. The van der Waals surface area contributed by atoms with E-state index >= 15 is 0 Å². The molecule has 1 aliphatic rings. The number of likely N-dealkylation sites (tertiary alicyclic amines) is 1. The van der Waals surface area contributed by atoms with Crippen LogP contribution in [0.1, 0.15) is 22.3 Å². The lowest BCUT2D eigenvalue weighted by atomic mass is 10.1. The highest BCUT2D eigenvalue weighted by molar-refractivity contribution is 6.34. The molecule has 1 saturated heterocycles. The van der Waals surface area contributed by atoms with Crippen LogP contribution in [0.3, 0.4) is 0 Å². The van der Waals surface area contributed by atoms with Gasteiger partial charge >= 0.3 is 5.97 Å². The smallest absolute Gasteiger partial charge is 0.310 e. The molecule has 1 aromatic carbocycles. The van der Waals surface area contributed by atoms with Crippen LogP contribution in [0.15, 0.2) is 18.2 Å². The van der Waals surface area contributed by atoms with Crippen LogP contribution >= 0.6 is 11.6 Å². The number of methoxy groups -OCH3 is 1. The largest absolute Gasteiger partial charge is 0.469 e. The SMILES string of the molecule is COC(=O)C1CCN(C(=O)c2cccc(C)c2Cl)C1. The minimum absolute atomic E-state index is 0.125. The molecule has 102 valence electrons. The Balaban J connectivity index is 2.14. The first-order chi connectivity index (χ1) is 9.04. The van der Waals surface area contributed by atoms with Gasteiger partial charge in [0.15, 0.2) is 0 Å². The van der Waals surface area contributed by atoms with Gasteiger partial charge in [-0.15, -0.1) is 0 Å². The van der Waals surface area contributed by atoms with Crippen LogP contribution in [0.2, 0.25) is 5.02 Å². The van der Waals surface area contributed by atoms with Crippen LogP contribution in [0.4, 0.5) is 0 Å². The molecule has 0 spiro atoms. The summed E-state index contributed by atoms with van der Waals surface area (Å²) >= 11 is 6.15. The van der Waals surface area contributed by atoms with Gasteiger partial charge in [0.1, 0.15) is 0 Å². The fraction of sp³-hybridized carbons (Fsp3) is 0.429. The summed E-state index contributed by atoms with van der Waals surface area (Å²) in [7, 11) is 1.37. The summed E-state index contributed by atoms with van der Waals surface area (Å²) < 4.78 is 4.71. The number of nitrogens with zero attached hydrogens (tertiary/aromatic N) is 1. The molecule has 1 unspecified atom stereocenters. The summed E-state index contributed by atoms with van der Waals surface area (Å²) in [6.07, 6.45) is 0.641. The topological polar surface area (TPSA) is 46.6 Å². The van der Waals surface area contributed by atoms with Gasteiger partial charge in [-0.3, -0.25) is 9.59 Å². The van der Waals surface area contributed by atoms with Gasteiger partial charge in [-0.1, -0.05) is 23.7 Å². The number of halogens is 1. The van der Waals surface area contributed by atoms with E-state index in [4.69, 9.17) is 16.3 Å². The van der Waals surface area contributed by atoms with Crippen molar-refractivity contribution < 1.29 is 14.3 Å². The van der Waals surface area contributed by atoms with Crippen molar-refractivity contribution in [3.63, 3.8) is 0 Å². The van der Waals surface area contributed by atoms with E-state index in [-0.39, 0.29) is 17.8 Å². The number of amides is 1. The molecular formula is C14H16ClNO3. The Kier molecular flexibility index (Phi) is 4.10. The van der Waals surface area contributed by atoms with E-state index in [0.29, 0.717) is 30.1 Å². The summed E-state index contributed by atoms with van der Waals surface area (Å²) in [5, 5.41) is 0.481. The lowest BCUT2D eigenvalue weighted by Gasteiger charge is -2.17. The highest BCUT2D eigenvalue weighted by Gasteiger charge is 2.32. The zero-order valence-electron chi connectivity index (χ0n) is 11.0. The van der Waals surface area contributed by atoms with Gasteiger partial charge in [0, 0.05) is 13.1 Å². The second kappa shape index (κ2) is 5.61. The van der Waals surface area contributed by atoms with Crippen molar-refractivity contribution >= 4 is 23.5 Å². The molecule has 1 atom stereocenters. The number of carbonyl (C=O) groups is 2. The van der Waals surface area contributed by atoms with Crippen molar-refractivity contribution in [2.45, 2.75) is 13.3 Å².